The second-order valence-corrected chi connectivity index (χ2v) is 7.54. The molecule has 0 bridgehead atoms. The van der Waals surface area contributed by atoms with Gasteiger partial charge in [-0.3, -0.25) is 19.8 Å². The van der Waals surface area contributed by atoms with Gasteiger partial charge in [-0.25, -0.2) is 0 Å². The first kappa shape index (κ1) is 19.4. The van der Waals surface area contributed by atoms with E-state index >= 15 is 0 Å². The lowest BCUT2D eigenvalue weighted by atomic mass is 10.0. The number of halogens is 1. The van der Waals surface area contributed by atoms with E-state index < -0.39 is 4.92 Å². The first-order valence-corrected chi connectivity index (χ1v) is 9.83. The SMILES string of the molecule is O=C(c1cc([N+](=O)[O-])ccc1Cl)N1CCN(Cc2cccc3ccccc23)CC1. The number of fused-ring (bicyclic) bond motifs is 1. The molecular formula is C22H20ClN3O3. The Bertz CT molecular complexity index is 1070. The molecule has 7 heteroatoms. The number of benzene rings is 3. The Morgan fingerprint density at radius 2 is 1.72 bits per heavy atom. The molecule has 3 aromatic rings. The highest BCUT2D eigenvalue weighted by molar-refractivity contribution is 6.33. The van der Waals surface area contributed by atoms with Gasteiger partial charge in [0.25, 0.3) is 11.6 Å². The summed E-state index contributed by atoms with van der Waals surface area (Å²) in [7, 11) is 0. The molecule has 4 rings (SSSR count). The van der Waals surface area contributed by atoms with E-state index in [1.54, 1.807) is 4.90 Å². The van der Waals surface area contributed by atoms with Gasteiger partial charge in [-0.05, 0) is 22.4 Å². The Morgan fingerprint density at radius 1 is 1.00 bits per heavy atom. The van der Waals surface area contributed by atoms with Crippen molar-refractivity contribution in [3.05, 3.63) is 86.9 Å². The van der Waals surface area contributed by atoms with Crippen molar-refractivity contribution in [2.45, 2.75) is 6.54 Å². The lowest BCUT2D eigenvalue weighted by Crippen LogP contribution is -2.48. The van der Waals surface area contributed by atoms with Crippen molar-refractivity contribution in [3.8, 4) is 0 Å². The van der Waals surface area contributed by atoms with Gasteiger partial charge in [0.2, 0.25) is 0 Å². The van der Waals surface area contributed by atoms with Crippen molar-refractivity contribution in [1.29, 1.82) is 0 Å². The van der Waals surface area contributed by atoms with E-state index in [-0.39, 0.29) is 22.2 Å². The number of nitrogens with zero attached hydrogens (tertiary/aromatic N) is 3. The van der Waals surface area contributed by atoms with Gasteiger partial charge in [-0.1, -0.05) is 54.1 Å². The van der Waals surface area contributed by atoms with Gasteiger partial charge in [-0.2, -0.15) is 0 Å². The zero-order chi connectivity index (χ0) is 20.4. The number of piperazine rings is 1. The lowest BCUT2D eigenvalue weighted by molar-refractivity contribution is -0.384. The number of rotatable bonds is 4. The van der Waals surface area contributed by atoms with Crippen LogP contribution in [0.15, 0.2) is 60.7 Å². The fourth-order valence-electron chi connectivity index (χ4n) is 3.74. The van der Waals surface area contributed by atoms with Gasteiger partial charge in [0.15, 0.2) is 0 Å². The number of hydrogen-bond acceptors (Lipinski definition) is 4. The molecule has 0 N–H and O–H groups in total. The van der Waals surface area contributed by atoms with Crippen molar-refractivity contribution >= 4 is 34.0 Å². The zero-order valence-corrected chi connectivity index (χ0v) is 16.5. The molecule has 1 fully saturated rings. The number of carbonyl (C=O) groups excluding carboxylic acids is 1. The molecule has 0 atom stereocenters. The second-order valence-electron chi connectivity index (χ2n) is 7.13. The number of carbonyl (C=O) groups is 1. The lowest BCUT2D eigenvalue weighted by Gasteiger charge is -2.35. The Kier molecular flexibility index (Phi) is 5.47. The minimum Gasteiger partial charge on any atom is -0.336 e. The maximum atomic E-state index is 12.8. The Hall–Kier alpha value is -2.96. The maximum absolute atomic E-state index is 12.8. The monoisotopic (exact) mass is 409 g/mol. The van der Waals surface area contributed by atoms with Crippen LogP contribution in [0.4, 0.5) is 5.69 Å². The molecule has 1 saturated heterocycles. The average molecular weight is 410 g/mol. The van der Waals surface area contributed by atoms with Crippen LogP contribution in [0.1, 0.15) is 15.9 Å². The fourth-order valence-corrected chi connectivity index (χ4v) is 3.94. The summed E-state index contributed by atoms with van der Waals surface area (Å²) in [5.41, 5.74) is 1.32. The molecule has 0 aliphatic carbocycles. The van der Waals surface area contributed by atoms with Crippen LogP contribution in [-0.4, -0.2) is 46.8 Å². The fraction of sp³-hybridized carbons (Fsp3) is 0.227. The number of nitro groups is 1. The van der Waals surface area contributed by atoms with E-state index in [0.717, 1.165) is 19.6 Å². The Balaban J connectivity index is 1.44. The Labute approximate surface area is 173 Å². The van der Waals surface area contributed by atoms with Crippen LogP contribution in [0.5, 0.6) is 0 Å². The predicted molar refractivity (Wildman–Crippen MR) is 113 cm³/mol. The van der Waals surface area contributed by atoms with E-state index in [2.05, 4.69) is 35.2 Å². The number of hydrogen-bond donors (Lipinski definition) is 0. The molecule has 1 amide bonds. The first-order valence-electron chi connectivity index (χ1n) is 9.45. The Morgan fingerprint density at radius 3 is 2.48 bits per heavy atom. The molecule has 1 heterocycles. The number of nitro benzene ring substituents is 1. The van der Waals surface area contributed by atoms with Crippen LogP contribution < -0.4 is 0 Å². The minimum absolute atomic E-state index is 0.132. The van der Waals surface area contributed by atoms with Gasteiger partial charge in [0.05, 0.1) is 15.5 Å². The molecule has 148 valence electrons. The second kappa shape index (κ2) is 8.19. The molecule has 0 radical (unpaired) electrons. The van der Waals surface area contributed by atoms with E-state index in [4.69, 9.17) is 11.6 Å². The van der Waals surface area contributed by atoms with Crippen molar-refractivity contribution < 1.29 is 9.72 Å². The predicted octanol–water partition coefficient (Wildman–Crippen LogP) is 4.36. The standard InChI is InChI=1S/C22H20ClN3O3/c23-21-9-8-18(26(28)29)14-20(21)22(27)25-12-10-24(11-13-25)15-17-6-3-5-16-4-1-2-7-19(16)17/h1-9,14H,10-13,15H2. The summed E-state index contributed by atoms with van der Waals surface area (Å²) in [6.45, 7) is 3.41. The van der Waals surface area contributed by atoms with Crippen molar-refractivity contribution in [2.24, 2.45) is 0 Å². The normalized spacial score (nSPS) is 14.9. The molecular weight excluding hydrogens is 390 g/mol. The van der Waals surface area contributed by atoms with Gasteiger partial charge in [0.1, 0.15) is 0 Å². The highest BCUT2D eigenvalue weighted by Gasteiger charge is 2.25. The summed E-state index contributed by atoms with van der Waals surface area (Å²) in [4.78, 5) is 27.4. The smallest absolute Gasteiger partial charge is 0.270 e. The zero-order valence-electron chi connectivity index (χ0n) is 15.8. The highest BCUT2D eigenvalue weighted by atomic mass is 35.5. The molecule has 29 heavy (non-hydrogen) atoms. The molecule has 6 nitrogen and oxygen atoms in total. The van der Waals surface area contributed by atoms with Crippen LogP contribution >= 0.6 is 11.6 Å². The third-order valence-corrected chi connectivity index (χ3v) is 5.65. The molecule has 0 spiro atoms. The van der Waals surface area contributed by atoms with E-state index in [0.29, 0.717) is 13.1 Å². The van der Waals surface area contributed by atoms with Crippen LogP contribution in [0.2, 0.25) is 5.02 Å². The number of amides is 1. The van der Waals surface area contributed by atoms with Crippen LogP contribution in [0, 0.1) is 10.1 Å². The summed E-state index contributed by atoms with van der Waals surface area (Å²) in [6.07, 6.45) is 0. The molecule has 1 aliphatic heterocycles. The molecule has 0 aromatic heterocycles. The third kappa shape index (κ3) is 4.09. The molecule has 1 aliphatic rings. The quantitative estimate of drug-likeness (QED) is 0.474. The summed E-state index contributed by atoms with van der Waals surface area (Å²) in [6, 6.07) is 18.6. The largest absolute Gasteiger partial charge is 0.336 e. The van der Waals surface area contributed by atoms with E-state index in [1.165, 1.54) is 34.5 Å². The average Bonchev–Trinajstić information content (AvgIpc) is 2.74. The van der Waals surface area contributed by atoms with Gasteiger partial charge in [-0.15, -0.1) is 0 Å². The van der Waals surface area contributed by atoms with Crippen molar-refractivity contribution in [2.75, 3.05) is 26.2 Å². The van der Waals surface area contributed by atoms with Gasteiger partial charge < -0.3 is 4.90 Å². The van der Waals surface area contributed by atoms with Gasteiger partial charge >= 0.3 is 0 Å². The molecule has 3 aromatic carbocycles. The summed E-state index contributed by atoms with van der Waals surface area (Å²) in [5.74, 6) is -0.261. The number of non-ortho nitro benzene ring substituents is 1. The van der Waals surface area contributed by atoms with E-state index in [1.807, 2.05) is 12.1 Å². The first-order chi connectivity index (χ1) is 14.0. The van der Waals surface area contributed by atoms with Gasteiger partial charge in [0, 0.05) is 44.9 Å². The van der Waals surface area contributed by atoms with Crippen LogP contribution in [0.25, 0.3) is 10.8 Å². The van der Waals surface area contributed by atoms with E-state index in [9.17, 15) is 14.9 Å². The summed E-state index contributed by atoms with van der Waals surface area (Å²) < 4.78 is 0. The summed E-state index contributed by atoms with van der Waals surface area (Å²) in [5, 5.41) is 13.7. The topological polar surface area (TPSA) is 66.7 Å². The van der Waals surface area contributed by atoms with Crippen molar-refractivity contribution in [1.82, 2.24) is 9.80 Å². The summed E-state index contributed by atoms with van der Waals surface area (Å²) >= 11 is 6.13. The van der Waals surface area contributed by atoms with Crippen LogP contribution in [-0.2, 0) is 6.54 Å². The highest BCUT2D eigenvalue weighted by Crippen LogP contribution is 2.25. The van der Waals surface area contributed by atoms with Crippen molar-refractivity contribution in [3.63, 3.8) is 0 Å². The maximum Gasteiger partial charge on any atom is 0.270 e. The molecule has 0 unspecified atom stereocenters. The minimum atomic E-state index is -0.519. The van der Waals surface area contributed by atoms with Crippen LogP contribution in [0.3, 0.4) is 0 Å². The molecule has 0 saturated carbocycles. The third-order valence-electron chi connectivity index (χ3n) is 5.32.